The van der Waals surface area contributed by atoms with Crippen LogP contribution in [0, 0.1) is 0 Å². The van der Waals surface area contributed by atoms with Gasteiger partial charge in [0.15, 0.2) is 5.82 Å². The topological polar surface area (TPSA) is 96.8 Å². The number of benzene rings is 2. The summed E-state index contributed by atoms with van der Waals surface area (Å²) in [7, 11) is -3.76. The largest absolute Gasteiger partial charge is 0.416 e. The standard InChI is InChI=1S/C18H14ClF3N4O3S/c19-15-8-7-13(30(28,29)25-11-3-4-11)9-14(15)16-23-17(27)26(24-16)12-5-1-10(2-6-12)18(20,21)22/h1-2,5-9,11,25H,3-4H2,(H,23,24,27). The molecule has 1 aliphatic carbocycles. The zero-order valence-corrected chi connectivity index (χ0v) is 16.6. The van der Waals surface area contributed by atoms with Crippen LogP contribution in [-0.4, -0.2) is 29.2 Å². The van der Waals surface area contributed by atoms with E-state index in [1.54, 1.807) is 0 Å². The molecule has 3 aromatic rings. The quantitative estimate of drug-likeness (QED) is 0.612. The molecule has 0 spiro atoms. The van der Waals surface area contributed by atoms with Gasteiger partial charge in [-0.2, -0.15) is 17.9 Å². The highest BCUT2D eigenvalue weighted by Gasteiger charge is 2.30. The van der Waals surface area contributed by atoms with Crippen molar-refractivity contribution in [3.05, 3.63) is 63.5 Å². The summed E-state index contributed by atoms with van der Waals surface area (Å²) in [5.74, 6) is -0.0200. The lowest BCUT2D eigenvalue weighted by Crippen LogP contribution is -2.25. The highest BCUT2D eigenvalue weighted by molar-refractivity contribution is 7.89. The smallest absolute Gasteiger partial charge is 0.288 e. The molecule has 12 heteroatoms. The second-order valence-corrected chi connectivity index (χ2v) is 8.89. The fourth-order valence-corrected chi connectivity index (χ4v) is 4.29. The molecule has 1 saturated carbocycles. The van der Waals surface area contributed by atoms with Gasteiger partial charge in [0.1, 0.15) is 0 Å². The first-order valence-corrected chi connectivity index (χ1v) is 10.6. The van der Waals surface area contributed by atoms with Gasteiger partial charge in [-0.3, -0.25) is 4.98 Å². The lowest BCUT2D eigenvalue weighted by atomic mass is 10.2. The van der Waals surface area contributed by atoms with Crippen LogP contribution < -0.4 is 10.4 Å². The van der Waals surface area contributed by atoms with E-state index in [1.165, 1.54) is 18.2 Å². The van der Waals surface area contributed by atoms with E-state index in [4.69, 9.17) is 11.6 Å². The van der Waals surface area contributed by atoms with Crippen molar-refractivity contribution in [2.75, 3.05) is 0 Å². The van der Waals surface area contributed by atoms with Crippen LogP contribution in [0.3, 0.4) is 0 Å². The average molecular weight is 459 g/mol. The molecule has 0 atom stereocenters. The summed E-state index contributed by atoms with van der Waals surface area (Å²) in [6, 6.07) is 7.78. The Morgan fingerprint density at radius 1 is 1.13 bits per heavy atom. The van der Waals surface area contributed by atoms with Crippen LogP contribution in [0.2, 0.25) is 5.02 Å². The van der Waals surface area contributed by atoms with Gasteiger partial charge in [-0.15, -0.1) is 5.10 Å². The Hall–Kier alpha value is -2.63. The van der Waals surface area contributed by atoms with E-state index in [0.29, 0.717) is 0 Å². The van der Waals surface area contributed by atoms with E-state index < -0.39 is 27.5 Å². The number of aromatic amines is 1. The SMILES string of the molecule is O=c1[nH]c(-c2cc(S(=O)(=O)NC3CC3)ccc2Cl)nn1-c1ccc(C(F)(F)F)cc1. The van der Waals surface area contributed by atoms with Crippen molar-refractivity contribution in [3.63, 3.8) is 0 Å². The Balaban J connectivity index is 1.71. The second-order valence-electron chi connectivity index (χ2n) is 6.77. The highest BCUT2D eigenvalue weighted by atomic mass is 35.5. The Bertz CT molecular complexity index is 1260. The summed E-state index contributed by atoms with van der Waals surface area (Å²) < 4.78 is 66.5. The van der Waals surface area contributed by atoms with Crippen molar-refractivity contribution in [2.24, 2.45) is 0 Å². The number of nitrogens with one attached hydrogen (secondary N) is 2. The molecule has 1 aromatic heterocycles. The minimum Gasteiger partial charge on any atom is -0.288 e. The molecule has 0 unspecified atom stereocenters. The summed E-state index contributed by atoms with van der Waals surface area (Å²) in [4.78, 5) is 14.7. The van der Waals surface area contributed by atoms with Gasteiger partial charge in [0.05, 0.1) is 21.2 Å². The summed E-state index contributed by atoms with van der Waals surface area (Å²) in [5, 5.41) is 4.21. The normalized spacial score (nSPS) is 14.8. The first-order valence-electron chi connectivity index (χ1n) is 8.74. The van der Waals surface area contributed by atoms with Crippen molar-refractivity contribution in [2.45, 2.75) is 30.0 Å². The third kappa shape index (κ3) is 4.13. The number of hydrogen-bond acceptors (Lipinski definition) is 4. The predicted molar refractivity (Wildman–Crippen MR) is 103 cm³/mol. The third-order valence-corrected chi connectivity index (χ3v) is 6.31. The van der Waals surface area contributed by atoms with Crippen LogP contribution in [0.1, 0.15) is 18.4 Å². The maximum atomic E-state index is 12.7. The van der Waals surface area contributed by atoms with Crippen molar-refractivity contribution in [1.82, 2.24) is 19.5 Å². The van der Waals surface area contributed by atoms with Gasteiger partial charge < -0.3 is 0 Å². The minimum absolute atomic E-state index is 0.0200. The van der Waals surface area contributed by atoms with Crippen molar-refractivity contribution in [1.29, 1.82) is 0 Å². The summed E-state index contributed by atoms with van der Waals surface area (Å²) >= 11 is 6.17. The molecule has 1 heterocycles. The summed E-state index contributed by atoms with van der Waals surface area (Å²) in [6.45, 7) is 0. The lowest BCUT2D eigenvalue weighted by Gasteiger charge is -2.08. The maximum Gasteiger partial charge on any atom is 0.416 e. The van der Waals surface area contributed by atoms with Crippen molar-refractivity contribution >= 4 is 21.6 Å². The van der Waals surface area contributed by atoms with Crippen LogP contribution in [0.15, 0.2) is 52.2 Å². The van der Waals surface area contributed by atoms with Gasteiger partial charge in [0.2, 0.25) is 10.0 Å². The molecule has 7 nitrogen and oxygen atoms in total. The third-order valence-electron chi connectivity index (χ3n) is 4.46. The molecular weight excluding hydrogens is 445 g/mol. The number of hydrogen-bond donors (Lipinski definition) is 2. The van der Waals surface area contributed by atoms with Gasteiger partial charge in [0, 0.05) is 11.6 Å². The fraction of sp³-hybridized carbons (Fsp3) is 0.222. The van der Waals surface area contributed by atoms with Crippen LogP contribution in [-0.2, 0) is 16.2 Å². The van der Waals surface area contributed by atoms with E-state index >= 15 is 0 Å². The molecule has 2 N–H and O–H groups in total. The number of alkyl halides is 3. The zero-order valence-electron chi connectivity index (χ0n) is 15.1. The van der Waals surface area contributed by atoms with Gasteiger partial charge >= 0.3 is 11.9 Å². The van der Waals surface area contributed by atoms with Gasteiger partial charge in [0.25, 0.3) is 0 Å². The van der Waals surface area contributed by atoms with Crippen LogP contribution in [0.5, 0.6) is 0 Å². The molecular formula is C18H14ClF3N4O3S. The number of rotatable bonds is 5. The van der Waals surface area contributed by atoms with Gasteiger partial charge in [-0.1, -0.05) is 11.6 Å². The van der Waals surface area contributed by atoms with E-state index in [9.17, 15) is 26.4 Å². The molecule has 1 aliphatic rings. The minimum atomic E-state index is -4.51. The fourth-order valence-electron chi connectivity index (χ4n) is 2.75. The monoisotopic (exact) mass is 458 g/mol. The highest BCUT2D eigenvalue weighted by Crippen LogP contribution is 2.31. The molecule has 0 saturated heterocycles. The van der Waals surface area contributed by atoms with E-state index in [1.807, 2.05) is 0 Å². The first kappa shape index (κ1) is 20.6. The van der Waals surface area contributed by atoms with Crippen LogP contribution >= 0.6 is 11.6 Å². The number of halogens is 4. The second kappa shape index (κ2) is 7.25. The van der Waals surface area contributed by atoms with E-state index in [-0.39, 0.29) is 33.0 Å². The van der Waals surface area contributed by atoms with Crippen LogP contribution in [0.4, 0.5) is 13.2 Å². The predicted octanol–water partition coefficient (Wildman–Crippen LogP) is 3.34. The van der Waals surface area contributed by atoms with E-state index in [0.717, 1.165) is 41.8 Å². The zero-order chi connectivity index (χ0) is 21.7. The van der Waals surface area contributed by atoms with Crippen molar-refractivity contribution in [3.8, 4) is 17.1 Å². The molecule has 2 aromatic carbocycles. The molecule has 4 rings (SSSR count). The molecule has 0 radical (unpaired) electrons. The molecule has 0 bridgehead atoms. The number of sulfonamides is 1. The number of H-pyrrole nitrogens is 1. The molecule has 30 heavy (non-hydrogen) atoms. The number of aromatic nitrogens is 3. The summed E-state index contributed by atoms with van der Waals surface area (Å²) in [6.07, 6.45) is -2.97. The van der Waals surface area contributed by atoms with Crippen LogP contribution in [0.25, 0.3) is 17.1 Å². The Kier molecular flexibility index (Phi) is 4.99. The first-order chi connectivity index (χ1) is 14.0. The van der Waals surface area contributed by atoms with Crippen molar-refractivity contribution < 1.29 is 21.6 Å². The Labute approximate surface area is 173 Å². The Morgan fingerprint density at radius 3 is 2.40 bits per heavy atom. The molecule has 0 amide bonds. The maximum absolute atomic E-state index is 12.7. The average Bonchev–Trinajstić information content (AvgIpc) is 3.39. The summed E-state index contributed by atoms with van der Waals surface area (Å²) in [5.41, 5.74) is -1.31. The Morgan fingerprint density at radius 2 is 1.80 bits per heavy atom. The molecule has 158 valence electrons. The molecule has 1 fully saturated rings. The molecule has 0 aliphatic heterocycles. The van der Waals surface area contributed by atoms with Gasteiger partial charge in [-0.25, -0.2) is 17.9 Å². The van der Waals surface area contributed by atoms with E-state index in [2.05, 4.69) is 14.8 Å². The van der Waals surface area contributed by atoms with Gasteiger partial charge in [-0.05, 0) is 55.3 Å². The number of nitrogens with zero attached hydrogens (tertiary/aromatic N) is 2. The lowest BCUT2D eigenvalue weighted by molar-refractivity contribution is -0.137.